The highest BCUT2D eigenvalue weighted by molar-refractivity contribution is 8.27. The van der Waals surface area contributed by atoms with Crippen LogP contribution >= 0.6 is 11.8 Å². The summed E-state index contributed by atoms with van der Waals surface area (Å²) in [5, 5.41) is 15.5. The first kappa shape index (κ1) is 24.2. The lowest BCUT2D eigenvalue weighted by atomic mass is 10.0. The molecule has 0 bridgehead atoms. The first-order valence-electron chi connectivity index (χ1n) is 11.5. The number of aliphatic imine (C=N–C) groups is 1. The van der Waals surface area contributed by atoms with Gasteiger partial charge in [0, 0.05) is 23.5 Å². The number of nitrogens with zero attached hydrogens (tertiary/aromatic N) is 4. The van der Waals surface area contributed by atoms with Gasteiger partial charge in [-0.15, -0.1) is 6.58 Å². The fraction of sp³-hybridized carbons (Fsp3) is 0.107. The largest absolute Gasteiger partial charge is 0.493 e. The Morgan fingerprint density at radius 2 is 2.00 bits per heavy atom. The lowest BCUT2D eigenvalue weighted by molar-refractivity contribution is -0.114. The van der Waals surface area contributed by atoms with E-state index in [0.29, 0.717) is 40.3 Å². The number of allylic oxidation sites excluding steroid dienone is 1. The van der Waals surface area contributed by atoms with Gasteiger partial charge in [0.05, 0.1) is 12.7 Å². The predicted octanol–water partition coefficient (Wildman–Crippen LogP) is 5.07. The molecule has 2 aliphatic rings. The van der Waals surface area contributed by atoms with Crippen molar-refractivity contribution in [3.05, 3.63) is 107 Å². The first-order chi connectivity index (χ1) is 18.1. The number of hydrogen-bond donors (Lipinski definition) is 1. The van der Waals surface area contributed by atoms with E-state index in [1.54, 1.807) is 43.8 Å². The molecule has 0 fully saturated rings. The van der Waals surface area contributed by atoms with Gasteiger partial charge in [0.1, 0.15) is 11.7 Å². The van der Waals surface area contributed by atoms with E-state index in [2.05, 4.69) is 21.7 Å². The Hall–Kier alpha value is -4.50. The third kappa shape index (κ3) is 5.07. The van der Waals surface area contributed by atoms with E-state index in [4.69, 9.17) is 14.9 Å². The Bertz CT molecular complexity index is 1470. The van der Waals surface area contributed by atoms with E-state index >= 15 is 0 Å². The van der Waals surface area contributed by atoms with Crippen molar-refractivity contribution in [2.45, 2.75) is 13.0 Å². The summed E-state index contributed by atoms with van der Waals surface area (Å²) in [7, 11) is 1.57. The monoisotopic (exact) mass is 509 g/mol. The molecule has 0 spiro atoms. The summed E-state index contributed by atoms with van der Waals surface area (Å²) in [6.07, 6.45) is 7.30. The van der Waals surface area contributed by atoms with Gasteiger partial charge in [-0.2, -0.15) is 15.1 Å². The molecule has 1 aromatic heterocycles. The van der Waals surface area contributed by atoms with Crippen LogP contribution in [0.1, 0.15) is 22.3 Å². The number of aromatic nitrogens is 1. The number of hydrazone groups is 1. The predicted molar refractivity (Wildman–Crippen MR) is 146 cm³/mol. The fourth-order valence-corrected chi connectivity index (χ4v) is 4.77. The Balaban J connectivity index is 1.46. The van der Waals surface area contributed by atoms with Crippen molar-refractivity contribution in [2.75, 3.05) is 7.11 Å². The molecule has 3 heterocycles. The molecule has 37 heavy (non-hydrogen) atoms. The van der Waals surface area contributed by atoms with Crippen molar-refractivity contribution in [2.24, 2.45) is 10.1 Å². The smallest absolute Gasteiger partial charge is 0.283 e. The van der Waals surface area contributed by atoms with E-state index in [-0.39, 0.29) is 11.4 Å². The molecule has 184 valence electrons. The molecule has 3 aromatic rings. The van der Waals surface area contributed by atoms with Crippen LogP contribution in [0.4, 0.5) is 0 Å². The number of thioether (sulfide) groups is 1. The molecule has 0 atom stereocenters. The van der Waals surface area contributed by atoms with Crippen LogP contribution in [0.5, 0.6) is 11.5 Å². The number of nitrogens with one attached hydrogen (secondary N) is 1. The van der Waals surface area contributed by atoms with Crippen molar-refractivity contribution in [1.29, 1.82) is 5.41 Å². The summed E-state index contributed by atoms with van der Waals surface area (Å²) in [6, 6.07) is 17.2. The zero-order chi connectivity index (χ0) is 25.8. The zero-order valence-electron chi connectivity index (χ0n) is 20.0. The van der Waals surface area contributed by atoms with Crippen LogP contribution < -0.4 is 9.47 Å². The summed E-state index contributed by atoms with van der Waals surface area (Å²) in [4.78, 5) is 21.2. The van der Waals surface area contributed by atoms with Crippen LogP contribution in [-0.2, 0) is 17.8 Å². The maximum Gasteiger partial charge on any atom is 0.283 e. The van der Waals surface area contributed by atoms with E-state index in [0.717, 1.165) is 16.7 Å². The van der Waals surface area contributed by atoms with Crippen LogP contribution in [0.2, 0.25) is 0 Å². The van der Waals surface area contributed by atoms with Gasteiger partial charge in [-0.25, -0.2) is 0 Å². The molecule has 1 N–H and O–H groups in total. The zero-order valence-corrected chi connectivity index (χ0v) is 20.9. The number of methoxy groups -OCH3 is 1. The molecule has 8 nitrogen and oxygen atoms in total. The maximum absolute atomic E-state index is 12.9. The van der Waals surface area contributed by atoms with Crippen LogP contribution in [0.25, 0.3) is 6.08 Å². The second-order valence-corrected chi connectivity index (χ2v) is 9.10. The molecule has 0 unspecified atom stereocenters. The van der Waals surface area contributed by atoms with Crippen molar-refractivity contribution in [3.8, 4) is 11.5 Å². The molecule has 1 amide bonds. The number of rotatable bonds is 8. The molecular weight excluding hydrogens is 486 g/mol. The minimum atomic E-state index is -0.500. The average molecular weight is 510 g/mol. The number of hydrogen-bond acceptors (Lipinski definition) is 7. The van der Waals surface area contributed by atoms with Gasteiger partial charge in [0.25, 0.3) is 5.91 Å². The number of benzene rings is 2. The summed E-state index contributed by atoms with van der Waals surface area (Å²) in [5.74, 6) is 0.588. The molecule has 0 aliphatic carbocycles. The van der Waals surface area contributed by atoms with Crippen molar-refractivity contribution >= 4 is 39.8 Å². The number of carbonyl (C=O) groups excluding carboxylic acids is 1. The molecule has 5 rings (SSSR count). The van der Waals surface area contributed by atoms with Crippen LogP contribution in [0.15, 0.2) is 95.3 Å². The second-order valence-electron chi connectivity index (χ2n) is 8.15. The number of carbonyl (C=O) groups is 1. The van der Waals surface area contributed by atoms with Crippen molar-refractivity contribution in [1.82, 2.24) is 9.99 Å². The molecule has 0 saturated heterocycles. The van der Waals surface area contributed by atoms with Crippen LogP contribution in [0.3, 0.4) is 0 Å². The molecule has 0 radical (unpaired) electrons. The highest BCUT2D eigenvalue weighted by Crippen LogP contribution is 2.36. The SMILES string of the molecule is C=CCc1cc(/C=C2/C(=N)N3N=C(c4cccnc4)SC3=NC2=O)cc(OC)c1OCc1ccccc1. The Kier molecular flexibility index (Phi) is 6.96. The normalized spacial score (nSPS) is 15.8. The highest BCUT2D eigenvalue weighted by Gasteiger charge is 2.36. The van der Waals surface area contributed by atoms with Gasteiger partial charge in [0.2, 0.25) is 5.17 Å². The minimum Gasteiger partial charge on any atom is -0.493 e. The molecule has 2 aliphatic heterocycles. The van der Waals surface area contributed by atoms with E-state index in [9.17, 15) is 4.79 Å². The van der Waals surface area contributed by atoms with E-state index in [1.165, 1.54) is 16.8 Å². The third-order valence-corrected chi connectivity index (χ3v) is 6.60. The molecule has 2 aromatic carbocycles. The number of ether oxygens (including phenoxy) is 2. The second kappa shape index (κ2) is 10.6. The van der Waals surface area contributed by atoms with Gasteiger partial charge in [-0.1, -0.05) is 36.4 Å². The van der Waals surface area contributed by atoms with Crippen molar-refractivity contribution in [3.63, 3.8) is 0 Å². The Morgan fingerprint density at radius 3 is 2.73 bits per heavy atom. The third-order valence-electron chi connectivity index (χ3n) is 5.64. The molecule has 9 heteroatoms. The minimum absolute atomic E-state index is 0.0463. The van der Waals surface area contributed by atoms with Gasteiger partial charge in [-0.3, -0.25) is 15.2 Å². The van der Waals surface area contributed by atoms with Gasteiger partial charge in [0.15, 0.2) is 17.3 Å². The van der Waals surface area contributed by atoms with E-state index < -0.39 is 5.91 Å². The fourth-order valence-electron chi connectivity index (χ4n) is 3.88. The lowest BCUT2D eigenvalue weighted by Gasteiger charge is -2.20. The van der Waals surface area contributed by atoms with Crippen LogP contribution in [0, 0.1) is 5.41 Å². The lowest BCUT2D eigenvalue weighted by Crippen LogP contribution is -2.35. The van der Waals surface area contributed by atoms with Crippen LogP contribution in [-0.4, -0.2) is 39.1 Å². The maximum atomic E-state index is 12.9. The molecular formula is C28H23N5O3S. The highest BCUT2D eigenvalue weighted by atomic mass is 32.2. The van der Waals surface area contributed by atoms with Gasteiger partial charge < -0.3 is 9.47 Å². The van der Waals surface area contributed by atoms with E-state index in [1.807, 2.05) is 42.5 Å². The number of fused-ring (bicyclic) bond motifs is 1. The Morgan fingerprint density at radius 1 is 1.16 bits per heavy atom. The quantitative estimate of drug-likeness (QED) is 0.336. The first-order valence-corrected chi connectivity index (χ1v) is 12.3. The summed E-state index contributed by atoms with van der Waals surface area (Å²) in [5.41, 5.74) is 3.48. The number of amides is 1. The van der Waals surface area contributed by atoms with Gasteiger partial charge in [-0.05, 0) is 59.7 Å². The summed E-state index contributed by atoms with van der Waals surface area (Å²) in [6.45, 7) is 4.24. The number of pyridine rings is 1. The summed E-state index contributed by atoms with van der Waals surface area (Å²) >= 11 is 1.23. The number of amidine groups is 2. The topological polar surface area (TPSA) is 100 Å². The molecule has 0 saturated carbocycles. The Labute approximate surface area is 218 Å². The van der Waals surface area contributed by atoms with Crippen molar-refractivity contribution < 1.29 is 14.3 Å². The standard InChI is InChI=1S/C28H23N5O3S/c1-3-8-20-13-19(15-23(35-2)24(20)36-17-18-9-5-4-6-10-18)14-22-25(29)33-28(31-26(22)34)37-27(32-33)21-11-7-12-30-16-21/h3-7,9-16,29H,1,8,17H2,2H3/b22-14-,29-25?. The van der Waals surface area contributed by atoms with Gasteiger partial charge >= 0.3 is 0 Å². The average Bonchev–Trinajstić information content (AvgIpc) is 3.35. The summed E-state index contributed by atoms with van der Waals surface area (Å²) < 4.78 is 11.8.